The van der Waals surface area contributed by atoms with Crippen LogP contribution in [0.25, 0.3) is 0 Å². The molecule has 192 valence electrons. The molecule has 0 aromatic carbocycles. The molecule has 4 heterocycles. The number of hydrogen-bond acceptors (Lipinski definition) is 13. The normalized spacial score (nSPS) is 22.6. The molecular weight excluding hydrogens is 522 g/mol. The molecule has 3 aliphatic rings. The van der Waals surface area contributed by atoms with Gasteiger partial charge in [0.2, 0.25) is 5.60 Å². The third-order valence-electron chi connectivity index (χ3n) is 5.83. The number of nitrogens with two attached hydrogens (primary N) is 1. The Morgan fingerprint density at radius 2 is 2.00 bits per heavy atom. The van der Waals surface area contributed by atoms with Crippen LogP contribution in [0.2, 0.25) is 0 Å². The number of nitrogen functional groups attached to an aromatic ring is 1. The molecule has 36 heavy (non-hydrogen) atoms. The number of anilines is 1. The first-order chi connectivity index (χ1) is 17.0. The molecule has 2 aromatic heterocycles. The Morgan fingerprint density at radius 3 is 2.53 bits per heavy atom. The zero-order valence-electron chi connectivity index (χ0n) is 18.2. The SMILES string of the molecule is Nc1nc(C(=NOC2(C(=O)O)CC2)C(=O)NC2C(=O)N(S(=O)(=O)O)C2Cn2nc3c(n2)CNC3)cs1. The van der Waals surface area contributed by atoms with E-state index in [1.54, 1.807) is 0 Å². The molecule has 6 N–H and O–H groups in total. The van der Waals surface area contributed by atoms with Crippen molar-refractivity contribution in [3.63, 3.8) is 0 Å². The van der Waals surface area contributed by atoms with Gasteiger partial charge in [-0.15, -0.1) is 11.3 Å². The highest BCUT2D eigenvalue weighted by atomic mass is 32.2. The maximum Gasteiger partial charge on any atom is 0.362 e. The van der Waals surface area contributed by atoms with E-state index in [9.17, 15) is 32.5 Å². The number of carboxylic acid groups (broad SMARTS) is 1. The van der Waals surface area contributed by atoms with Crippen molar-refractivity contribution in [2.24, 2.45) is 5.16 Å². The van der Waals surface area contributed by atoms with E-state index in [2.05, 4.69) is 31.0 Å². The van der Waals surface area contributed by atoms with E-state index < -0.39 is 51.5 Å². The van der Waals surface area contributed by atoms with Crippen molar-refractivity contribution in [1.29, 1.82) is 0 Å². The topological polar surface area (TPSA) is 244 Å². The Bertz CT molecular complexity index is 1370. The Balaban J connectivity index is 1.39. The minimum atomic E-state index is -4.94. The summed E-state index contributed by atoms with van der Waals surface area (Å²) in [6.45, 7) is 0.684. The number of carbonyl (C=O) groups is 3. The van der Waals surface area contributed by atoms with E-state index in [0.717, 1.165) is 11.3 Å². The molecule has 2 aliphatic heterocycles. The maximum absolute atomic E-state index is 13.1. The van der Waals surface area contributed by atoms with E-state index in [-0.39, 0.29) is 34.5 Å². The fourth-order valence-electron chi connectivity index (χ4n) is 3.78. The summed E-state index contributed by atoms with van der Waals surface area (Å²) < 4.78 is 33.4. The second-order valence-electron chi connectivity index (χ2n) is 8.28. The second kappa shape index (κ2) is 8.47. The zero-order valence-corrected chi connectivity index (χ0v) is 19.8. The molecule has 2 amide bonds. The van der Waals surface area contributed by atoms with E-state index in [1.807, 2.05) is 0 Å². The van der Waals surface area contributed by atoms with Gasteiger partial charge in [0.25, 0.3) is 11.8 Å². The molecule has 2 atom stereocenters. The highest BCUT2D eigenvalue weighted by Gasteiger charge is 2.56. The summed E-state index contributed by atoms with van der Waals surface area (Å²) in [6, 6.07) is -2.66. The molecule has 1 aliphatic carbocycles. The van der Waals surface area contributed by atoms with Crippen LogP contribution in [0, 0.1) is 0 Å². The van der Waals surface area contributed by atoms with Crippen molar-refractivity contribution in [3.8, 4) is 0 Å². The van der Waals surface area contributed by atoms with Crippen molar-refractivity contribution >= 4 is 50.3 Å². The summed E-state index contributed by atoms with van der Waals surface area (Å²) in [5, 5.41) is 28.3. The molecule has 0 bridgehead atoms. The van der Waals surface area contributed by atoms with Gasteiger partial charge in [-0.25, -0.2) is 14.1 Å². The van der Waals surface area contributed by atoms with Crippen LogP contribution in [0.15, 0.2) is 10.5 Å². The van der Waals surface area contributed by atoms with Gasteiger partial charge < -0.3 is 26.3 Å². The fourth-order valence-corrected chi connectivity index (χ4v) is 5.20. The van der Waals surface area contributed by atoms with E-state index in [1.165, 1.54) is 10.2 Å². The van der Waals surface area contributed by atoms with Crippen molar-refractivity contribution in [2.45, 2.75) is 50.2 Å². The van der Waals surface area contributed by atoms with E-state index in [0.29, 0.717) is 24.5 Å². The summed E-state index contributed by atoms with van der Waals surface area (Å²) in [6.07, 6.45) is 0.367. The molecule has 0 radical (unpaired) electrons. The number of oxime groups is 1. The van der Waals surface area contributed by atoms with Crippen LogP contribution in [0.1, 0.15) is 29.9 Å². The molecular formula is C17H19N9O8S2. The van der Waals surface area contributed by atoms with Gasteiger partial charge in [0.1, 0.15) is 29.2 Å². The van der Waals surface area contributed by atoms with E-state index in [4.69, 9.17) is 10.6 Å². The number of nitrogens with one attached hydrogen (secondary N) is 2. The molecule has 1 saturated heterocycles. The number of hydrogen-bond donors (Lipinski definition) is 5. The van der Waals surface area contributed by atoms with Crippen LogP contribution in [0.4, 0.5) is 5.13 Å². The summed E-state index contributed by atoms with van der Waals surface area (Å²) in [4.78, 5) is 47.4. The summed E-state index contributed by atoms with van der Waals surface area (Å²) in [5.41, 5.74) is 4.87. The Labute approximate surface area is 206 Å². The van der Waals surface area contributed by atoms with Crippen molar-refractivity contribution in [3.05, 3.63) is 22.5 Å². The van der Waals surface area contributed by atoms with Crippen LogP contribution in [-0.2, 0) is 49.2 Å². The molecule has 1 saturated carbocycles. The standard InChI is InChI=1S/C17H19N9O8S2/c18-16-20-9(6-35-16)11(24-34-17(1-2-17)15(29)30)13(27)21-12-10(26(14(12)28)36(31,32)33)5-25-22-7-3-19-4-8(7)23-25/h6,10,12,19H,1-5H2,(H2,18,20)(H,21,27)(H,29,30)(H,31,32,33). The number of rotatable bonds is 9. The molecule has 5 rings (SSSR count). The van der Waals surface area contributed by atoms with E-state index >= 15 is 0 Å². The molecule has 2 fully saturated rings. The number of nitrogens with zero attached hydrogens (tertiary/aromatic N) is 6. The average Bonchev–Trinajstić information content (AvgIpc) is 3.06. The summed E-state index contributed by atoms with van der Waals surface area (Å²) in [7, 11) is -4.94. The first-order valence-electron chi connectivity index (χ1n) is 10.4. The molecule has 2 unspecified atom stereocenters. The number of thiazole rings is 1. The number of amides is 2. The first-order valence-corrected chi connectivity index (χ1v) is 12.7. The molecule has 0 spiro atoms. The van der Waals surface area contributed by atoms with Crippen molar-refractivity contribution < 1.29 is 37.3 Å². The smallest absolute Gasteiger partial charge is 0.362 e. The van der Waals surface area contributed by atoms with Crippen LogP contribution in [-0.4, -0.2) is 83.5 Å². The third-order valence-corrected chi connectivity index (χ3v) is 7.45. The molecule has 19 heteroatoms. The number of β-lactam (4-membered cyclic amide) rings is 1. The monoisotopic (exact) mass is 541 g/mol. The highest BCUT2D eigenvalue weighted by Crippen LogP contribution is 2.40. The lowest BCUT2D eigenvalue weighted by molar-refractivity contribution is -0.153. The second-order valence-corrected chi connectivity index (χ2v) is 10.5. The third kappa shape index (κ3) is 4.25. The Hall–Kier alpha value is -3.68. The summed E-state index contributed by atoms with van der Waals surface area (Å²) in [5.74, 6) is -3.35. The van der Waals surface area contributed by atoms with Gasteiger partial charge in [-0.1, -0.05) is 5.16 Å². The largest absolute Gasteiger partial charge is 0.478 e. The van der Waals surface area contributed by atoms with Crippen LogP contribution in [0.5, 0.6) is 0 Å². The fraction of sp³-hybridized carbons (Fsp3) is 0.471. The minimum Gasteiger partial charge on any atom is -0.478 e. The quantitative estimate of drug-likeness (QED) is 0.0951. The predicted molar refractivity (Wildman–Crippen MR) is 118 cm³/mol. The Kier molecular flexibility index (Phi) is 5.65. The number of carbonyl (C=O) groups excluding carboxylic acids is 2. The number of aliphatic carboxylic acids is 1. The Morgan fingerprint density at radius 1 is 1.33 bits per heavy atom. The lowest BCUT2D eigenvalue weighted by atomic mass is 9.98. The van der Waals surface area contributed by atoms with Gasteiger partial charge in [0.15, 0.2) is 10.8 Å². The van der Waals surface area contributed by atoms with Crippen LogP contribution in [0.3, 0.4) is 0 Å². The van der Waals surface area contributed by atoms with Crippen LogP contribution >= 0.6 is 11.3 Å². The highest BCUT2D eigenvalue weighted by molar-refractivity contribution is 7.84. The number of fused-ring (bicyclic) bond motifs is 1. The van der Waals surface area contributed by atoms with Gasteiger partial charge in [-0.2, -0.15) is 23.4 Å². The summed E-state index contributed by atoms with van der Waals surface area (Å²) >= 11 is 0.983. The van der Waals surface area contributed by atoms with Gasteiger partial charge in [-0.05, 0) is 0 Å². The molecule has 17 nitrogen and oxygen atoms in total. The van der Waals surface area contributed by atoms with Gasteiger partial charge in [0.05, 0.1) is 6.54 Å². The number of aromatic nitrogens is 4. The van der Waals surface area contributed by atoms with Gasteiger partial charge in [-0.3, -0.25) is 14.1 Å². The lowest BCUT2D eigenvalue weighted by Gasteiger charge is -2.43. The molecule has 2 aromatic rings. The van der Waals surface area contributed by atoms with Crippen LogP contribution < -0.4 is 16.4 Å². The van der Waals surface area contributed by atoms with Gasteiger partial charge in [0, 0.05) is 31.3 Å². The van der Waals surface area contributed by atoms with Gasteiger partial charge >= 0.3 is 16.3 Å². The first kappa shape index (κ1) is 24.0. The van der Waals surface area contributed by atoms with Crippen molar-refractivity contribution in [2.75, 3.05) is 5.73 Å². The number of carboxylic acids is 1. The van der Waals surface area contributed by atoms with Crippen molar-refractivity contribution in [1.82, 2.24) is 34.9 Å². The minimum absolute atomic E-state index is 0.0381. The average molecular weight is 542 g/mol. The zero-order chi connectivity index (χ0) is 25.8. The predicted octanol–water partition coefficient (Wildman–Crippen LogP) is -2.54. The lowest BCUT2D eigenvalue weighted by Crippen LogP contribution is -2.73. The maximum atomic E-state index is 13.1.